The lowest BCUT2D eigenvalue weighted by molar-refractivity contribution is -0.122. The summed E-state index contributed by atoms with van der Waals surface area (Å²) in [6.07, 6.45) is 2.19. The van der Waals surface area contributed by atoms with Crippen LogP contribution in [0.3, 0.4) is 0 Å². The molecule has 0 saturated heterocycles. The number of aryl methyl sites for hydroxylation is 1. The average molecular weight is 256 g/mol. The second kappa shape index (κ2) is 4.94. The number of fused-ring (bicyclic) bond motifs is 3. The Morgan fingerprint density at radius 1 is 1.47 bits per heavy atom. The molecule has 1 amide bonds. The van der Waals surface area contributed by atoms with Crippen molar-refractivity contribution in [2.24, 2.45) is 17.0 Å². The van der Waals surface area contributed by atoms with Crippen LogP contribution in [0.2, 0.25) is 0 Å². The molecule has 0 aliphatic heterocycles. The summed E-state index contributed by atoms with van der Waals surface area (Å²) in [5.41, 5.74) is 10.9. The molecule has 1 aromatic rings. The molecule has 5 heteroatoms. The van der Waals surface area contributed by atoms with Crippen molar-refractivity contribution in [3.63, 3.8) is 0 Å². The van der Waals surface area contributed by atoms with Crippen LogP contribution in [-0.4, -0.2) is 19.0 Å². The SMILES string of the molecule is [N-]=[N+]=NCCNC(=O)C1C2CCc3ccccc3C21. The van der Waals surface area contributed by atoms with Crippen LogP contribution in [0.4, 0.5) is 0 Å². The number of carbonyl (C=O) groups is 1. The van der Waals surface area contributed by atoms with E-state index in [0.717, 1.165) is 12.8 Å². The normalized spacial score (nSPS) is 26.6. The molecule has 1 aromatic carbocycles. The summed E-state index contributed by atoms with van der Waals surface area (Å²) in [5.74, 6) is 1.15. The van der Waals surface area contributed by atoms with E-state index in [2.05, 4.69) is 39.6 Å². The molecule has 98 valence electrons. The molecule has 3 atom stereocenters. The first-order valence-electron chi connectivity index (χ1n) is 6.69. The van der Waals surface area contributed by atoms with E-state index in [4.69, 9.17) is 5.53 Å². The standard InChI is InChI=1S/C14H16N4O/c15-18-17-8-7-16-14(19)13-11-6-5-9-3-1-2-4-10(9)12(11)13/h1-4,11-13H,5-8H2,(H,16,19). The monoisotopic (exact) mass is 256 g/mol. The Hall–Kier alpha value is -2.00. The molecular formula is C14H16N4O. The summed E-state index contributed by atoms with van der Waals surface area (Å²) in [6.45, 7) is 0.751. The Labute approximate surface area is 111 Å². The molecule has 0 spiro atoms. The fraction of sp³-hybridized carbons (Fsp3) is 0.500. The number of nitrogens with zero attached hydrogens (tertiary/aromatic N) is 3. The lowest BCUT2D eigenvalue weighted by atomic mass is 9.92. The molecule has 2 aliphatic carbocycles. The van der Waals surface area contributed by atoms with E-state index in [-0.39, 0.29) is 11.8 Å². The van der Waals surface area contributed by atoms with Crippen LogP contribution in [0.5, 0.6) is 0 Å². The highest BCUT2D eigenvalue weighted by molar-refractivity contribution is 5.84. The summed E-state index contributed by atoms with van der Waals surface area (Å²) in [4.78, 5) is 14.8. The second-order valence-corrected chi connectivity index (χ2v) is 5.20. The molecule has 0 radical (unpaired) electrons. The van der Waals surface area contributed by atoms with E-state index in [0.29, 0.717) is 24.9 Å². The lowest BCUT2D eigenvalue weighted by Gasteiger charge is -2.13. The zero-order valence-corrected chi connectivity index (χ0v) is 10.6. The minimum atomic E-state index is 0.111. The van der Waals surface area contributed by atoms with Crippen LogP contribution >= 0.6 is 0 Å². The Morgan fingerprint density at radius 3 is 3.16 bits per heavy atom. The van der Waals surface area contributed by atoms with Crippen molar-refractivity contribution in [3.8, 4) is 0 Å². The molecule has 0 aromatic heterocycles. The molecule has 1 saturated carbocycles. The van der Waals surface area contributed by atoms with Gasteiger partial charge in [-0.05, 0) is 41.3 Å². The van der Waals surface area contributed by atoms with Crippen LogP contribution in [0.25, 0.3) is 10.4 Å². The van der Waals surface area contributed by atoms with Gasteiger partial charge in [-0.1, -0.05) is 29.4 Å². The van der Waals surface area contributed by atoms with Crippen molar-refractivity contribution >= 4 is 5.91 Å². The van der Waals surface area contributed by atoms with Crippen molar-refractivity contribution in [2.75, 3.05) is 13.1 Å². The number of azide groups is 1. The molecule has 1 fully saturated rings. The molecule has 1 N–H and O–H groups in total. The molecule has 3 unspecified atom stereocenters. The van der Waals surface area contributed by atoms with E-state index >= 15 is 0 Å². The number of benzene rings is 1. The maximum Gasteiger partial charge on any atom is 0.224 e. The van der Waals surface area contributed by atoms with Crippen LogP contribution in [0, 0.1) is 11.8 Å². The summed E-state index contributed by atoms with van der Waals surface area (Å²) in [6, 6.07) is 8.44. The summed E-state index contributed by atoms with van der Waals surface area (Å²) in [5, 5.41) is 6.28. The van der Waals surface area contributed by atoms with Gasteiger partial charge < -0.3 is 5.32 Å². The molecule has 5 nitrogen and oxygen atoms in total. The maximum absolute atomic E-state index is 12.1. The minimum absolute atomic E-state index is 0.111. The molecule has 3 rings (SSSR count). The van der Waals surface area contributed by atoms with Gasteiger partial charge in [0.2, 0.25) is 5.91 Å². The van der Waals surface area contributed by atoms with Gasteiger partial charge in [-0.25, -0.2) is 0 Å². The van der Waals surface area contributed by atoms with Gasteiger partial charge in [0.05, 0.1) is 0 Å². The van der Waals surface area contributed by atoms with Gasteiger partial charge in [0, 0.05) is 23.9 Å². The smallest absolute Gasteiger partial charge is 0.224 e. The van der Waals surface area contributed by atoms with Crippen molar-refractivity contribution in [1.29, 1.82) is 0 Å². The van der Waals surface area contributed by atoms with Crippen LogP contribution in [0.15, 0.2) is 29.4 Å². The third-order valence-corrected chi connectivity index (χ3v) is 4.21. The van der Waals surface area contributed by atoms with Crippen molar-refractivity contribution in [1.82, 2.24) is 5.32 Å². The number of carbonyl (C=O) groups excluding carboxylic acids is 1. The molecule has 0 heterocycles. The van der Waals surface area contributed by atoms with Crippen molar-refractivity contribution < 1.29 is 4.79 Å². The third kappa shape index (κ3) is 2.17. The summed E-state index contributed by atoms with van der Waals surface area (Å²) < 4.78 is 0. The number of hydrogen-bond donors (Lipinski definition) is 1. The summed E-state index contributed by atoms with van der Waals surface area (Å²) >= 11 is 0. The topological polar surface area (TPSA) is 77.9 Å². The van der Waals surface area contributed by atoms with Gasteiger partial charge in [-0.3, -0.25) is 4.79 Å². The zero-order chi connectivity index (χ0) is 13.2. The lowest BCUT2D eigenvalue weighted by Crippen LogP contribution is -2.28. The fourth-order valence-corrected chi connectivity index (χ4v) is 3.32. The Kier molecular flexibility index (Phi) is 3.13. The zero-order valence-electron chi connectivity index (χ0n) is 10.6. The quantitative estimate of drug-likeness (QED) is 0.382. The van der Waals surface area contributed by atoms with Crippen LogP contribution < -0.4 is 5.32 Å². The highest BCUT2D eigenvalue weighted by Crippen LogP contribution is 2.59. The number of hydrogen-bond acceptors (Lipinski definition) is 2. The fourth-order valence-electron chi connectivity index (χ4n) is 3.32. The summed E-state index contributed by atoms with van der Waals surface area (Å²) in [7, 11) is 0. The highest BCUT2D eigenvalue weighted by Gasteiger charge is 2.56. The van der Waals surface area contributed by atoms with E-state index in [9.17, 15) is 4.79 Å². The highest BCUT2D eigenvalue weighted by atomic mass is 16.2. The van der Waals surface area contributed by atoms with E-state index in [1.807, 2.05) is 0 Å². The van der Waals surface area contributed by atoms with E-state index in [1.165, 1.54) is 11.1 Å². The predicted octanol–water partition coefficient (Wildman–Crippen LogP) is 2.39. The largest absolute Gasteiger partial charge is 0.356 e. The molecule has 19 heavy (non-hydrogen) atoms. The predicted molar refractivity (Wildman–Crippen MR) is 71.5 cm³/mol. The molecule has 2 aliphatic rings. The second-order valence-electron chi connectivity index (χ2n) is 5.20. The number of amides is 1. The van der Waals surface area contributed by atoms with Gasteiger partial charge in [-0.2, -0.15) is 0 Å². The van der Waals surface area contributed by atoms with E-state index in [1.54, 1.807) is 0 Å². The first-order valence-corrected chi connectivity index (χ1v) is 6.69. The minimum Gasteiger partial charge on any atom is -0.356 e. The van der Waals surface area contributed by atoms with Crippen molar-refractivity contribution in [3.05, 3.63) is 45.8 Å². The van der Waals surface area contributed by atoms with Crippen LogP contribution in [0.1, 0.15) is 23.5 Å². The van der Waals surface area contributed by atoms with Crippen LogP contribution in [-0.2, 0) is 11.2 Å². The first kappa shape index (κ1) is 12.1. The maximum atomic E-state index is 12.1. The Morgan fingerprint density at radius 2 is 2.32 bits per heavy atom. The first-order chi connectivity index (χ1) is 9.33. The number of nitrogens with one attached hydrogen (secondary N) is 1. The molecular weight excluding hydrogens is 240 g/mol. The van der Waals surface area contributed by atoms with Gasteiger partial charge in [0.1, 0.15) is 0 Å². The van der Waals surface area contributed by atoms with Gasteiger partial charge in [0.25, 0.3) is 0 Å². The number of rotatable bonds is 4. The Balaban J connectivity index is 1.64. The van der Waals surface area contributed by atoms with Crippen molar-refractivity contribution in [2.45, 2.75) is 18.8 Å². The van der Waals surface area contributed by atoms with E-state index < -0.39 is 0 Å². The van der Waals surface area contributed by atoms with Gasteiger partial charge in [-0.15, -0.1) is 0 Å². The van der Waals surface area contributed by atoms with Gasteiger partial charge >= 0.3 is 0 Å². The van der Waals surface area contributed by atoms with Gasteiger partial charge in [0.15, 0.2) is 0 Å². The average Bonchev–Trinajstić information content (AvgIpc) is 3.18. The third-order valence-electron chi connectivity index (χ3n) is 4.21. The molecule has 0 bridgehead atoms. The Bertz CT molecular complexity index is 550.